The number of nitrogens with zero attached hydrogens (tertiary/aromatic N) is 3. The number of carbonyl (C=O) groups is 2. The number of carboxylic acids is 1. The van der Waals surface area contributed by atoms with E-state index in [2.05, 4.69) is 15.3 Å². The maximum atomic E-state index is 12.3. The van der Waals surface area contributed by atoms with Crippen molar-refractivity contribution in [1.82, 2.24) is 19.3 Å². The molecule has 0 spiro atoms. The number of aryl methyl sites for hydroxylation is 1. The summed E-state index contributed by atoms with van der Waals surface area (Å²) in [6.07, 6.45) is 1.20. The summed E-state index contributed by atoms with van der Waals surface area (Å²) in [7, 11) is -0.515. The molecule has 27 heavy (non-hydrogen) atoms. The molecule has 0 saturated carbocycles. The Morgan fingerprint density at radius 3 is 2.22 bits per heavy atom. The van der Waals surface area contributed by atoms with Crippen LogP contribution in [0, 0.1) is 0 Å². The number of carboxylic acid groups (broad SMARTS) is 1. The van der Waals surface area contributed by atoms with Gasteiger partial charge in [-0.05, 0) is 6.07 Å². The van der Waals surface area contributed by atoms with Crippen LogP contribution in [0.3, 0.4) is 0 Å². The molecule has 2 aromatic rings. The number of amides is 2. The Labute approximate surface area is 176 Å². The minimum atomic E-state index is -4.49. The van der Waals surface area contributed by atoms with E-state index in [1.54, 1.807) is 4.72 Å². The first-order chi connectivity index (χ1) is 12.2. The number of sulfonamides is 1. The van der Waals surface area contributed by atoms with Gasteiger partial charge in [0.15, 0.2) is 0 Å². The third kappa shape index (κ3) is 5.32. The smallest absolute Gasteiger partial charge is 0.543 e. The predicted molar refractivity (Wildman–Crippen MR) is 84.2 cm³/mol. The summed E-state index contributed by atoms with van der Waals surface area (Å²) < 4.78 is 37.0. The average molecular weight is 407 g/mol. The summed E-state index contributed by atoms with van der Waals surface area (Å²) in [6.45, 7) is 0. The molecule has 0 aliphatic rings. The number of rotatable bonds is 6. The van der Waals surface area contributed by atoms with E-state index in [0.717, 1.165) is 10.6 Å². The molecule has 14 heteroatoms. The van der Waals surface area contributed by atoms with Crippen LogP contribution >= 0.6 is 0 Å². The number of aromatic nitrogens is 3. The number of anilines is 1. The number of nitrogens with one attached hydrogen (secondary N) is 2. The minimum absolute atomic E-state index is 0. The number of methoxy groups -OCH3 is 2. The molecule has 2 N–H and O–H groups in total. The molecule has 2 heterocycles. The fraction of sp³-hybridized carbons (Fsp3) is 0.231. The second-order valence-corrected chi connectivity index (χ2v) is 6.41. The molecule has 2 aromatic heterocycles. The third-order valence-electron chi connectivity index (χ3n) is 3.07. The van der Waals surface area contributed by atoms with Crippen LogP contribution in [0.5, 0.6) is 11.8 Å². The molecule has 0 aromatic carbocycles. The predicted octanol–water partition coefficient (Wildman–Crippen LogP) is -4.29. The second kappa shape index (κ2) is 9.03. The number of hydrogen-bond acceptors (Lipinski definition) is 9. The van der Waals surface area contributed by atoms with E-state index in [-0.39, 0.29) is 47.3 Å². The SMILES string of the molecule is COc1cc(OC)nc(NC(=O)NS(=O)(=O)c2ccn(C)c2C(=O)[O-])n1.[Na+]. The van der Waals surface area contributed by atoms with E-state index in [1.807, 2.05) is 0 Å². The largest absolute Gasteiger partial charge is 1.00 e. The molecule has 0 saturated heterocycles. The van der Waals surface area contributed by atoms with Crippen molar-refractivity contribution in [3.63, 3.8) is 0 Å². The Morgan fingerprint density at radius 2 is 1.74 bits per heavy atom. The Kier molecular flexibility index (Phi) is 7.59. The van der Waals surface area contributed by atoms with Crippen molar-refractivity contribution >= 4 is 28.0 Å². The van der Waals surface area contributed by atoms with E-state index in [0.29, 0.717) is 0 Å². The van der Waals surface area contributed by atoms with Gasteiger partial charge in [0.05, 0.1) is 31.9 Å². The molecule has 0 atom stereocenters. The zero-order valence-corrected chi connectivity index (χ0v) is 17.7. The van der Waals surface area contributed by atoms with E-state index in [4.69, 9.17) is 9.47 Å². The first kappa shape index (κ1) is 22.7. The minimum Gasteiger partial charge on any atom is -0.543 e. The maximum absolute atomic E-state index is 12.3. The van der Waals surface area contributed by atoms with Gasteiger partial charge in [0.1, 0.15) is 4.90 Å². The third-order valence-corrected chi connectivity index (χ3v) is 4.43. The molecule has 0 unspecified atom stereocenters. The Morgan fingerprint density at radius 1 is 1.19 bits per heavy atom. The van der Waals surface area contributed by atoms with Crippen molar-refractivity contribution < 1.29 is 62.1 Å². The van der Waals surface area contributed by atoms with Crippen LogP contribution in [-0.2, 0) is 17.1 Å². The number of urea groups is 1. The van der Waals surface area contributed by atoms with Gasteiger partial charge in [0.25, 0.3) is 10.0 Å². The Balaban J connectivity index is 0.00000364. The molecule has 0 aliphatic carbocycles. The molecule has 0 radical (unpaired) electrons. The summed E-state index contributed by atoms with van der Waals surface area (Å²) in [6, 6.07) is 1.15. The summed E-state index contributed by atoms with van der Waals surface area (Å²) >= 11 is 0. The van der Waals surface area contributed by atoms with Crippen molar-refractivity contribution in [3.8, 4) is 11.8 Å². The van der Waals surface area contributed by atoms with Gasteiger partial charge in [-0.15, -0.1) is 0 Å². The fourth-order valence-electron chi connectivity index (χ4n) is 1.94. The topological polar surface area (TPSA) is 165 Å². The van der Waals surface area contributed by atoms with Crippen LogP contribution in [0.1, 0.15) is 10.5 Å². The summed E-state index contributed by atoms with van der Waals surface area (Å²) in [4.78, 5) is 30.0. The van der Waals surface area contributed by atoms with Gasteiger partial charge in [0.2, 0.25) is 17.7 Å². The van der Waals surface area contributed by atoms with E-state index in [9.17, 15) is 23.1 Å². The normalized spacial score (nSPS) is 10.5. The van der Waals surface area contributed by atoms with Gasteiger partial charge in [-0.2, -0.15) is 9.97 Å². The van der Waals surface area contributed by atoms with Gasteiger partial charge >= 0.3 is 35.6 Å². The van der Waals surface area contributed by atoms with Crippen LogP contribution in [-0.4, -0.2) is 49.2 Å². The van der Waals surface area contributed by atoms with Gasteiger partial charge in [0, 0.05) is 13.2 Å². The van der Waals surface area contributed by atoms with Crippen molar-refractivity contribution in [2.75, 3.05) is 19.5 Å². The van der Waals surface area contributed by atoms with E-state index >= 15 is 0 Å². The number of carbonyl (C=O) groups excluding carboxylic acids is 2. The summed E-state index contributed by atoms with van der Waals surface area (Å²) in [5.74, 6) is -1.86. The average Bonchev–Trinajstić information content (AvgIpc) is 2.96. The summed E-state index contributed by atoms with van der Waals surface area (Å²) in [5, 5.41) is 13.2. The fourth-order valence-corrected chi connectivity index (χ4v) is 3.07. The van der Waals surface area contributed by atoms with Gasteiger partial charge in [-0.1, -0.05) is 0 Å². The summed E-state index contributed by atoms with van der Waals surface area (Å²) in [5.41, 5.74) is -0.607. The molecule has 140 valence electrons. The zero-order valence-electron chi connectivity index (χ0n) is 14.8. The molecular formula is C13H14N5NaO7S. The molecule has 0 aliphatic heterocycles. The first-order valence-electron chi connectivity index (χ1n) is 6.85. The molecule has 0 bridgehead atoms. The number of ether oxygens (including phenoxy) is 2. The monoisotopic (exact) mass is 407 g/mol. The molecule has 2 rings (SSSR count). The second-order valence-electron chi connectivity index (χ2n) is 4.76. The Hall–Kier alpha value is -2.35. The molecule has 0 fully saturated rings. The zero-order chi connectivity index (χ0) is 19.5. The van der Waals surface area contributed by atoms with Crippen LogP contribution in [0.4, 0.5) is 10.7 Å². The quantitative estimate of drug-likeness (QED) is 0.451. The van der Waals surface area contributed by atoms with Crippen molar-refractivity contribution in [1.29, 1.82) is 0 Å². The van der Waals surface area contributed by atoms with E-state index < -0.39 is 32.6 Å². The van der Waals surface area contributed by atoms with Crippen molar-refractivity contribution in [2.45, 2.75) is 4.90 Å². The van der Waals surface area contributed by atoms with Crippen molar-refractivity contribution in [2.24, 2.45) is 7.05 Å². The van der Waals surface area contributed by atoms with Crippen molar-refractivity contribution in [3.05, 3.63) is 24.0 Å². The van der Waals surface area contributed by atoms with Gasteiger partial charge < -0.3 is 23.9 Å². The number of aromatic carboxylic acids is 1. The van der Waals surface area contributed by atoms with Crippen LogP contribution < -0.4 is 54.2 Å². The Bertz CT molecular complexity index is 938. The van der Waals surface area contributed by atoms with Gasteiger partial charge in [-0.25, -0.2) is 17.9 Å². The van der Waals surface area contributed by atoms with E-state index in [1.165, 1.54) is 33.5 Å². The van der Waals surface area contributed by atoms with Crippen LogP contribution in [0.2, 0.25) is 0 Å². The number of hydrogen-bond donors (Lipinski definition) is 2. The molecule has 12 nitrogen and oxygen atoms in total. The van der Waals surface area contributed by atoms with Crippen LogP contribution in [0.25, 0.3) is 0 Å². The van der Waals surface area contributed by atoms with Crippen LogP contribution in [0.15, 0.2) is 23.2 Å². The molecule has 2 amide bonds. The molecular weight excluding hydrogens is 393 g/mol. The first-order valence-corrected chi connectivity index (χ1v) is 8.33. The maximum Gasteiger partial charge on any atom is 1.00 e. The van der Waals surface area contributed by atoms with Gasteiger partial charge in [-0.3, -0.25) is 5.32 Å². The standard InChI is InChI=1S/C13H15N5O7S.Na/c1-18-5-4-7(10(18)11(19)20)26(22,23)17-13(21)16-12-14-8(24-2)6-9(15-12)25-3;/h4-6H,1-3H3,(H,19,20)(H2,14,15,16,17,21);/q;+1/p-1.